The van der Waals surface area contributed by atoms with E-state index in [2.05, 4.69) is 22.5 Å². The number of hydrogen-bond acceptors (Lipinski definition) is 3. The van der Waals surface area contributed by atoms with Crippen molar-refractivity contribution in [3.8, 4) is 0 Å². The molecule has 1 spiro atoms. The van der Waals surface area contributed by atoms with E-state index < -0.39 is 0 Å². The summed E-state index contributed by atoms with van der Waals surface area (Å²) in [6, 6.07) is 0.820. The Labute approximate surface area is 192 Å². The number of nitrogens with one attached hydrogen (secondary N) is 2. The molecule has 7 heteroatoms. The molecule has 2 N–H and O–H groups in total. The van der Waals surface area contributed by atoms with Gasteiger partial charge >= 0.3 is 0 Å². The molecule has 0 bridgehead atoms. The van der Waals surface area contributed by atoms with Gasteiger partial charge in [0.05, 0.1) is 6.10 Å². The predicted octanol–water partition coefficient (Wildman–Crippen LogP) is 2.91. The number of halogens is 1. The number of likely N-dealkylation sites (tertiary alicyclic amines) is 1. The standard InChI is InChI=1S/C22H36N4O2.HI/c1-2-23-21(25-18-17-9-13-28-19(17)22(18)10-5-11-22)24-16-8-12-26(14-16)20(27)15-6-3-4-7-15;/h15-19H,2-14H2,1H3,(H2,23,24,25);1H. The van der Waals surface area contributed by atoms with Gasteiger partial charge in [-0.05, 0) is 45.4 Å². The Kier molecular flexibility index (Phi) is 6.64. The van der Waals surface area contributed by atoms with Gasteiger partial charge in [-0.1, -0.05) is 19.3 Å². The Balaban J connectivity index is 0.00000205. The molecule has 5 aliphatic rings. The molecule has 164 valence electrons. The molecule has 2 aliphatic heterocycles. The van der Waals surface area contributed by atoms with Crippen LogP contribution in [-0.4, -0.2) is 61.2 Å². The number of rotatable bonds is 4. The van der Waals surface area contributed by atoms with E-state index in [1.54, 1.807) is 0 Å². The second-order valence-electron chi connectivity index (χ2n) is 9.67. The molecule has 3 aliphatic carbocycles. The first-order valence-corrected chi connectivity index (χ1v) is 11.7. The van der Waals surface area contributed by atoms with Crippen LogP contribution in [-0.2, 0) is 9.53 Å². The molecule has 4 atom stereocenters. The predicted molar refractivity (Wildman–Crippen MR) is 125 cm³/mol. The number of guanidine groups is 1. The molecule has 29 heavy (non-hydrogen) atoms. The summed E-state index contributed by atoms with van der Waals surface area (Å²) >= 11 is 0. The highest BCUT2D eigenvalue weighted by Crippen LogP contribution is 2.62. The van der Waals surface area contributed by atoms with E-state index in [0.717, 1.165) is 51.5 Å². The van der Waals surface area contributed by atoms with Crippen LogP contribution in [0.4, 0.5) is 0 Å². The van der Waals surface area contributed by atoms with Crippen LogP contribution in [0, 0.1) is 17.3 Å². The third-order valence-electron chi connectivity index (χ3n) is 8.19. The van der Waals surface area contributed by atoms with E-state index in [1.807, 2.05) is 0 Å². The van der Waals surface area contributed by atoms with Gasteiger partial charge in [0.2, 0.25) is 5.91 Å². The van der Waals surface area contributed by atoms with Crippen LogP contribution in [0.25, 0.3) is 0 Å². The van der Waals surface area contributed by atoms with E-state index in [0.29, 0.717) is 35.4 Å². The maximum Gasteiger partial charge on any atom is 0.225 e. The molecule has 6 nitrogen and oxygen atoms in total. The van der Waals surface area contributed by atoms with E-state index in [-0.39, 0.29) is 29.9 Å². The van der Waals surface area contributed by atoms with Crippen LogP contribution in [0.1, 0.15) is 64.7 Å². The Morgan fingerprint density at radius 1 is 1.14 bits per heavy atom. The highest BCUT2D eigenvalue weighted by Gasteiger charge is 2.66. The van der Waals surface area contributed by atoms with Crippen molar-refractivity contribution in [2.24, 2.45) is 22.2 Å². The van der Waals surface area contributed by atoms with Gasteiger partial charge in [-0.15, -0.1) is 24.0 Å². The Morgan fingerprint density at radius 3 is 2.62 bits per heavy atom. The summed E-state index contributed by atoms with van der Waals surface area (Å²) in [4.78, 5) is 19.6. The van der Waals surface area contributed by atoms with Crippen LogP contribution in [0.3, 0.4) is 0 Å². The quantitative estimate of drug-likeness (QED) is 0.343. The molecule has 0 aromatic carbocycles. The minimum Gasteiger partial charge on any atom is -0.377 e. The monoisotopic (exact) mass is 516 g/mol. The van der Waals surface area contributed by atoms with Gasteiger partial charge in [-0.2, -0.15) is 0 Å². The Morgan fingerprint density at radius 2 is 1.93 bits per heavy atom. The summed E-state index contributed by atoms with van der Waals surface area (Å²) in [5, 5.41) is 7.46. The number of nitrogens with zero attached hydrogens (tertiary/aromatic N) is 2. The van der Waals surface area contributed by atoms with E-state index >= 15 is 0 Å². The topological polar surface area (TPSA) is 66.0 Å². The van der Waals surface area contributed by atoms with E-state index in [9.17, 15) is 4.79 Å². The zero-order valence-electron chi connectivity index (χ0n) is 17.7. The number of hydrogen-bond donors (Lipinski definition) is 2. The largest absolute Gasteiger partial charge is 0.377 e. The second kappa shape index (κ2) is 8.89. The number of amides is 1. The van der Waals surface area contributed by atoms with Crippen LogP contribution < -0.4 is 10.6 Å². The Hall–Kier alpha value is -0.570. The van der Waals surface area contributed by atoms with Crippen LogP contribution in [0.15, 0.2) is 4.99 Å². The van der Waals surface area contributed by atoms with Crippen molar-refractivity contribution < 1.29 is 9.53 Å². The normalized spacial score (nSPS) is 35.6. The highest BCUT2D eigenvalue weighted by molar-refractivity contribution is 14.0. The van der Waals surface area contributed by atoms with Crippen molar-refractivity contribution in [3.05, 3.63) is 0 Å². The molecule has 4 unspecified atom stereocenters. The lowest BCUT2D eigenvalue weighted by atomic mass is 9.46. The fourth-order valence-electron chi connectivity index (χ4n) is 6.60. The lowest BCUT2D eigenvalue weighted by Gasteiger charge is -2.63. The zero-order valence-corrected chi connectivity index (χ0v) is 20.0. The summed E-state index contributed by atoms with van der Waals surface area (Å²) < 4.78 is 6.06. The molecule has 0 aromatic heterocycles. The van der Waals surface area contributed by atoms with Crippen molar-refractivity contribution in [3.63, 3.8) is 0 Å². The Bertz CT molecular complexity index is 632. The molecular formula is C22H37IN4O2. The van der Waals surface area contributed by atoms with Crippen LogP contribution in [0.5, 0.6) is 0 Å². The lowest BCUT2D eigenvalue weighted by Crippen LogP contribution is -2.72. The molecule has 3 saturated carbocycles. The van der Waals surface area contributed by atoms with Crippen molar-refractivity contribution in [1.29, 1.82) is 0 Å². The smallest absolute Gasteiger partial charge is 0.225 e. The van der Waals surface area contributed by atoms with Gasteiger partial charge in [0, 0.05) is 55.6 Å². The number of carbonyl (C=O) groups excluding carboxylic acids is 1. The first kappa shape index (κ1) is 21.7. The van der Waals surface area contributed by atoms with Crippen molar-refractivity contribution in [1.82, 2.24) is 15.5 Å². The number of ether oxygens (including phenoxy) is 1. The van der Waals surface area contributed by atoms with Crippen molar-refractivity contribution in [2.75, 3.05) is 26.2 Å². The lowest BCUT2D eigenvalue weighted by molar-refractivity contribution is -0.171. The molecule has 5 fully saturated rings. The van der Waals surface area contributed by atoms with E-state index in [1.165, 1.54) is 38.5 Å². The number of carbonyl (C=O) groups is 1. The van der Waals surface area contributed by atoms with Gasteiger partial charge in [0.15, 0.2) is 5.96 Å². The minimum absolute atomic E-state index is 0. The maximum absolute atomic E-state index is 12.7. The van der Waals surface area contributed by atoms with Crippen LogP contribution >= 0.6 is 24.0 Å². The second-order valence-corrected chi connectivity index (χ2v) is 9.67. The van der Waals surface area contributed by atoms with Crippen molar-refractivity contribution in [2.45, 2.75) is 82.9 Å². The fraction of sp³-hybridized carbons (Fsp3) is 0.909. The third kappa shape index (κ3) is 3.79. The summed E-state index contributed by atoms with van der Waals surface area (Å²) in [5.41, 5.74) is 0.359. The number of fused-ring (bicyclic) bond motifs is 2. The van der Waals surface area contributed by atoms with Gasteiger partial charge < -0.3 is 20.3 Å². The summed E-state index contributed by atoms with van der Waals surface area (Å²) in [5.74, 6) is 2.27. The summed E-state index contributed by atoms with van der Waals surface area (Å²) in [7, 11) is 0. The summed E-state index contributed by atoms with van der Waals surface area (Å²) in [6.07, 6.45) is 11.2. The van der Waals surface area contributed by atoms with Gasteiger partial charge in [0.1, 0.15) is 0 Å². The molecule has 5 rings (SSSR count). The first-order valence-electron chi connectivity index (χ1n) is 11.7. The number of aliphatic imine (C=N–C) groups is 1. The maximum atomic E-state index is 12.7. The molecule has 0 aromatic rings. The van der Waals surface area contributed by atoms with Gasteiger partial charge in [0.25, 0.3) is 0 Å². The summed E-state index contributed by atoms with van der Waals surface area (Å²) in [6.45, 7) is 5.50. The molecule has 2 saturated heterocycles. The molecule has 2 heterocycles. The molecule has 0 radical (unpaired) electrons. The van der Waals surface area contributed by atoms with Crippen molar-refractivity contribution >= 4 is 35.8 Å². The molecular weight excluding hydrogens is 479 g/mol. The van der Waals surface area contributed by atoms with Crippen LogP contribution in [0.2, 0.25) is 0 Å². The minimum atomic E-state index is 0. The average molecular weight is 516 g/mol. The average Bonchev–Trinajstić information content (AvgIpc) is 3.39. The first-order chi connectivity index (χ1) is 13.7. The van der Waals surface area contributed by atoms with Gasteiger partial charge in [-0.25, -0.2) is 0 Å². The van der Waals surface area contributed by atoms with E-state index in [4.69, 9.17) is 9.73 Å². The zero-order chi connectivity index (χ0) is 19.1. The SMILES string of the molecule is CCN=C(NC1CCN(C(=O)C2CCCC2)C1)NC1C2CCOC2C12CCC2.I. The fourth-order valence-corrected chi connectivity index (χ4v) is 6.60. The highest BCUT2D eigenvalue weighted by atomic mass is 127. The van der Waals surface area contributed by atoms with Gasteiger partial charge in [-0.3, -0.25) is 9.79 Å². The third-order valence-corrected chi connectivity index (χ3v) is 8.19. The molecule has 1 amide bonds.